The van der Waals surface area contributed by atoms with Gasteiger partial charge in [-0.05, 0) is 60.7 Å². The van der Waals surface area contributed by atoms with E-state index in [4.69, 9.17) is 10.5 Å². The van der Waals surface area contributed by atoms with Crippen molar-refractivity contribution >= 4 is 33.1 Å². The van der Waals surface area contributed by atoms with E-state index in [9.17, 15) is 22.8 Å². The number of piperidine rings is 1. The molecule has 1 fully saturated rings. The van der Waals surface area contributed by atoms with Crippen LogP contribution in [0, 0.1) is 0 Å². The summed E-state index contributed by atoms with van der Waals surface area (Å²) in [6, 6.07) is 32.6. The topological polar surface area (TPSA) is 137 Å². The summed E-state index contributed by atoms with van der Waals surface area (Å²) in [5.41, 5.74) is 8.29. The second kappa shape index (κ2) is 15.1. The van der Waals surface area contributed by atoms with Gasteiger partial charge >= 0.3 is 11.8 Å². The van der Waals surface area contributed by atoms with E-state index >= 15 is 0 Å². The van der Waals surface area contributed by atoms with Gasteiger partial charge in [-0.2, -0.15) is 3.97 Å². The van der Waals surface area contributed by atoms with Crippen molar-refractivity contribution in [3.8, 4) is 0 Å². The van der Waals surface area contributed by atoms with Crippen LogP contribution in [0.25, 0.3) is 11.0 Å². The van der Waals surface area contributed by atoms with Crippen LogP contribution in [0.1, 0.15) is 42.5 Å². The molecule has 1 aliphatic heterocycles. The Hall–Kier alpha value is -5.20. The molecular formula is C38H41N5O6S. The molecule has 0 saturated carbocycles. The van der Waals surface area contributed by atoms with Crippen molar-refractivity contribution in [3.05, 3.63) is 136 Å². The lowest BCUT2D eigenvalue weighted by Gasteiger charge is -2.33. The molecule has 1 aliphatic rings. The number of amides is 2. The Balaban J connectivity index is 1.13. The number of primary amides is 1. The molecule has 0 radical (unpaired) electrons. The summed E-state index contributed by atoms with van der Waals surface area (Å²) >= 11 is 0. The van der Waals surface area contributed by atoms with Crippen LogP contribution in [-0.2, 0) is 39.1 Å². The molecule has 4 aromatic carbocycles. The van der Waals surface area contributed by atoms with Crippen LogP contribution < -0.4 is 11.4 Å². The number of hydrogen-bond donors (Lipinski definition) is 1. The second-order valence-corrected chi connectivity index (χ2v) is 14.5. The standard InChI is InChI=1S/C38H41N5O6S/c1-28(41(25-30-10-4-2-5-11-30)26-31-12-6-3-7-13-31)27-49-38(46)40-22-20-32(21-23-40)42-34-14-8-9-15-35(34)43(37(42)45)50(47,48)33-18-16-29(17-19-33)24-36(39)44/h2-19,28,32H,20-27H2,1H3,(H2,39,44)/t28-/m0/s1. The van der Waals surface area contributed by atoms with Crippen LogP contribution in [0.3, 0.4) is 0 Å². The zero-order chi connectivity index (χ0) is 35.3. The first-order chi connectivity index (χ1) is 24.1. The molecule has 1 saturated heterocycles. The molecule has 2 heterocycles. The van der Waals surface area contributed by atoms with Gasteiger partial charge in [-0.15, -0.1) is 0 Å². The van der Waals surface area contributed by atoms with Crippen molar-refractivity contribution in [2.75, 3.05) is 19.7 Å². The van der Waals surface area contributed by atoms with E-state index in [1.807, 2.05) is 36.4 Å². The van der Waals surface area contributed by atoms with Gasteiger partial charge in [-0.3, -0.25) is 14.3 Å². The zero-order valence-corrected chi connectivity index (χ0v) is 28.7. The number of rotatable bonds is 12. The highest BCUT2D eigenvalue weighted by atomic mass is 32.2. The Morgan fingerprint density at radius 3 is 1.90 bits per heavy atom. The quantitative estimate of drug-likeness (QED) is 0.195. The van der Waals surface area contributed by atoms with E-state index in [1.54, 1.807) is 29.2 Å². The maximum Gasteiger partial charge on any atom is 0.409 e. The normalized spacial score (nSPS) is 14.6. The highest BCUT2D eigenvalue weighted by Crippen LogP contribution is 2.28. The minimum atomic E-state index is -4.27. The van der Waals surface area contributed by atoms with E-state index < -0.39 is 27.7 Å². The number of nitrogens with two attached hydrogens (primary N) is 1. The van der Waals surface area contributed by atoms with Gasteiger partial charge in [0.05, 0.1) is 22.3 Å². The van der Waals surface area contributed by atoms with Crippen molar-refractivity contribution in [2.24, 2.45) is 5.73 Å². The number of carbonyl (C=O) groups is 2. The number of hydrogen-bond acceptors (Lipinski definition) is 7. The van der Waals surface area contributed by atoms with Gasteiger partial charge < -0.3 is 15.4 Å². The lowest BCUT2D eigenvalue weighted by Crippen LogP contribution is -2.43. The van der Waals surface area contributed by atoms with Gasteiger partial charge in [0.1, 0.15) is 6.61 Å². The van der Waals surface area contributed by atoms with Crippen molar-refractivity contribution in [2.45, 2.75) is 56.3 Å². The third-order valence-electron chi connectivity index (χ3n) is 9.20. The van der Waals surface area contributed by atoms with Crippen molar-refractivity contribution in [1.82, 2.24) is 18.3 Å². The number of nitrogens with zero attached hydrogens (tertiary/aromatic N) is 4. The average Bonchev–Trinajstić information content (AvgIpc) is 3.43. The van der Waals surface area contributed by atoms with Crippen LogP contribution in [0.5, 0.6) is 0 Å². The van der Waals surface area contributed by atoms with Gasteiger partial charge in [-0.25, -0.2) is 18.0 Å². The van der Waals surface area contributed by atoms with Crippen LogP contribution in [0.2, 0.25) is 0 Å². The summed E-state index contributed by atoms with van der Waals surface area (Å²) in [5.74, 6) is -0.530. The molecule has 6 rings (SSSR count). The number of fused-ring (bicyclic) bond motifs is 1. The first-order valence-electron chi connectivity index (χ1n) is 16.7. The molecule has 260 valence electrons. The molecule has 0 bridgehead atoms. The summed E-state index contributed by atoms with van der Waals surface area (Å²) in [7, 11) is -4.27. The van der Waals surface area contributed by atoms with Gasteiger partial charge in [0.25, 0.3) is 10.0 Å². The fraction of sp³-hybridized carbons (Fsp3) is 0.289. The first kappa shape index (κ1) is 34.7. The predicted molar refractivity (Wildman–Crippen MR) is 191 cm³/mol. The SMILES string of the molecule is C[C@@H](COC(=O)N1CCC(n2c(=O)n(S(=O)(=O)c3ccc(CC(N)=O)cc3)c3ccccc32)CC1)N(Cc1ccccc1)Cc1ccccc1. The van der Waals surface area contributed by atoms with Gasteiger partial charge in [0, 0.05) is 38.3 Å². The fourth-order valence-corrected chi connectivity index (χ4v) is 7.91. The predicted octanol–water partition coefficient (Wildman–Crippen LogP) is 4.93. The summed E-state index contributed by atoms with van der Waals surface area (Å²) in [6.07, 6.45) is 0.474. The largest absolute Gasteiger partial charge is 0.448 e. The number of aromatic nitrogens is 2. The van der Waals surface area contributed by atoms with E-state index in [0.717, 1.165) is 3.97 Å². The van der Waals surface area contributed by atoms with Crippen LogP contribution in [-0.4, -0.2) is 64.5 Å². The highest BCUT2D eigenvalue weighted by molar-refractivity contribution is 7.90. The molecule has 2 N–H and O–H groups in total. The Labute approximate surface area is 291 Å². The monoisotopic (exact) mass is 695 g/mol. The van der Waals surface area contributed by atoms with E-state index in [2.05, 4.69) is 36.1 Å². The van der Waals surface area contributed by atoms with Gasteiger partial charge in [-0.1, -0.05) is 84.9 Å². The lowest BCUT2D eigenvalue weighted by atomic mass is 10.0. The van der Waals surface area contributed by atoms with Gasteiger partial charge in [0.15, 0.2) is 0 Å². The second-order valence-electron chi connectivity index (χ2n) is 12.7. The summed E-state index contributed by atoms with van der Waals surface area (Å²) in [6.45, 7) is 4.40. The zero-order valence-electron chi connectivity index (χ0n) is 27.9. The molecule has 11 nitrogen and oxygen atoms in total. The number of imidazole rings is 1. The number of para-hydroxylation sites is 2. The van der Waals surface area contributed by atoms with Gasteiger partial charge in [0.2, 0.25) is 5.91 Å². The molecule has 50 heavy (non-hydrogen) atoms. The molecule has 1 aromatic heterocycles. The molecular weight excluding hydrogens is 655 g/mol. The van der Waals surface area contributed by atoms with E-state index in [0.29, 0.717) is 50.1 Å². The van der Waals surface area contributed by atoms with Crippen molar-refractivity contribution < 1.29 is 22.7 Å². The molecule has 5 aromatic rings. The molecule has 0 aliphatic carbocycles. The molecule has 12 heteroatoms. The number of benzene rings is 4. The molecule has 2 amide bonds. The molecule has 0 spiro atoms. The lowest BCUT2D eigenvalue weighted by molar-refractivity contribution is -0.117. The van der Waals surface area contributed by atoms with Crippen LogP contribution in [0.4, 0.5) is 4.79 Å². The maximum absolute atomic E-state index is 13.9. The first-order valence-corrected chi connectivity index (χ1v) is 18.1. The Morgan fingerprint density at radius 2 is 1.34 bits per heavy atom. The third kappa shape index (κ3) is 7.66. The summed E-state index contributed by atoms with van der Waals surface area (Å²) in [5, 5.41) is 0. The summed E-state index contributed by atoms with van der Waals surface area (Å²) in [4.78, 5) is 42.3. The van der Waals surface area contributed by atoms with Crippen LogP contribution >= 0.6 is 0 Å². The number of likely N-dealkylation sites (tertiary alicyclic amines) is 1. The molecule has 0 unspecified atom stereocenters. The summed E-state index contributed by atoms with van der Waals surface area (Å²) < 4.78 is 35.8. The third-order valence-corrected chi connectivity index (χ3v) is 10.9. The highest BCUT2D eigenvalue weighted by Gasteiger charge is 2.31. The average molecular weight is 696 g/mol. The fourth-order valence-electron chi connectivity index (χ4n) is 6.51. The van der Waals surface area contributed by atoms with E-state index in [1.165, 1.54) is 40.0 Å². The van der Waals surface area contributed by atoms with E-state index in [-0.39, 0.29) is 35.5 Å². The Kier molecular flexibility index (Phi) is 10.5. The minimum Gasteiger partial charge on any atom is -0.448 e. The van der Waals surface area contributed by atoms with Crippen LogP contribution in [0.15, 0.2) is 119 Å². The Bertz CT molecular complexity index is 2060. The number of carbonyl (C=O) groups excluding carboxylic acids is 2. The maximum atomic E-state index is 13.9. The van der Waals surface area contributed by atoms with Crippen molar-refractivity contribution in [3.63, 3.8) is 0 Å². The Morgan fingerprint density at radius 1 is 0.800 bits per heavy atom. The number of ether oxygens (including phenoxy) is 1. The smallest absolute Gasteiger partial charge is 0.409 e. The molecule has 1 atom stereocenters. The minimum absolute atomic E-state index is 0.0220. The van der Waals surface area contributed by atoms with Crippen molar-refractivity contribution in [1.29, 1.82) is 0 Å².